The van der Waals surface area contributed by atoms with Gasteiger partial charge in [0, 0.05) is 32.9 Å². The van der Waals surface area contributed by atoms with E-state index in [2.05, 4.69) is 20.6 Å². The van der Waals surface area contributed by atoms with E-state index in [4.69, 9.17) is 9.72 Å². The van der Waals surface area contributed by atoms with Crippen LogP contribution in [0.1, 0.15) is 5.56 Å². The van der Waals surface area contributed by atoms with Crippen LogP contribution in [0.4, 0.5) is 29.1 Å². The third-order valence-corrected chi connectivity index (χ3v) is 6.66. The number of alkyl halides is 3. The molecule has 5 rings (SSSR count). The summed E-state index contributed by atoms with van der Waals surface area (Å²) >= 11 is 0. The molecule has 2 aromatic heterocycles. The molecule has 2 aliphatic rings. The lowest BCUT2D eigenvalue weighted by Gasteiger charge is -2.28. The fourth-order valence-electron chi connectivity index (χ4n) is 4.69. The summed E-state index contributed by atoms with van der Waals surface area (Å²) in [7, 11) is 1.80. The number of hydrogen-bond donors (Lipinski definition) is 2. The Morgan fingerprint density at radius 2 is 1.95 bits per heavy atom. The van der Waals surface area contributed by atoms with Crippen molar-refractivity contribution in [1.82, 2.24) is 20.1 Å². The van der Waals surface area contributed by atoms with Crippen LogP contribution in [0, 0.1) is 12.7 Å². The molecule has 8 nitrogen and oxygen atoms in total. The van der Waals surface area contributed by atoms with Gasteiger partial charge in [-0.05, 0) is 53.9 Å². The topological polar surface area (TPSA) is 84.3 Å². The Morgan fingerprint density at radius 1 is 1.18 bits per heavy atom. The van der Waals surface area contributed by atoms with E-state index in [9.17, 15) is 22.4 Å². The minimum atomic E-state index is -4.67. The maximum absolute atomic E-state index is 14.9. The van der Waals surface area contributed by atoms with Crippen molar-refractivity contribution in [3.63, 3.8) is 0 Å². The first kappa shape index (κ1) is 25.9. The molecule has 0 radical (unpaired) electrons. The molecule has 1 atom stereocenters. The third kappa shape index (κ3) is 5.14. The highest BCUT2D eigenvalue weighted by atomic mass is 19.4. The zero-order valence-electron chi connectivity index (χ0n) is 20.8. The largest absolute Gasteiger partial charge is 0.414 e. The van der Waals surface area contributed by atoms with Crippen LogP contribution in [0.3, 0.4) is 0 Å². The van der Waals surface area contributed by atoms with Gasteiger partial charge in [-0.1, -0.05) is 6.08 Å². The van der Waals surface area contributed by atoms with Crippen molar-refractivity contribution < 1.29 is 27.1 Å². The van der Waals surface area contributed by atoms with E-state index in [-0.39, 0.29) is 12.2 Å². The molecule has 12 heteroatoms. The van der Waals surface area contributed by atoms with Crippen LogP contribution >= 0.6 is 0 Å². The first-order chi connectivity index (χ1) is 18.1. The van der Waals surface area contributed by atoms with Crippen LogP contribution in [-0.4, -0.2) is 65.7 Å². The van der Waals surface area contributed by atoms with E-state index >= 15 is 0 Å². The molecular weight excluding hydrogens is 504 g/mol. The minimum absolute atomic E-state index is 0.104. The second kappa shape index (κ2) is 10.2. The number of anilines is 2. The van der Waals surface area contributed by atoms with Crippen molar-refractivity contribution in [2.24, 2.45) is 7.05 Å². The predicted molar refractivity (Wildman–Crippen MR) is 134 cm³/mol. The highest BCUT2D eigenvalue weighted by molar-refractivity contribution is 5.98. The summed E-state index contributed by atoms with van der Waals surface area (Å²) in [4.78, 5) is 19.7. The van der Waals surface area contributed by atoms with E-state index in [0.717, 1.165) is 11.8 Å². The molecule has 0 aliphatic carbocycles. The number of aryl methyl sites for hydroxylation is 2. The third-order valence-electron chi connectivity index (χ3n) is 6.66. The molecule has 1 amide bonds. The van der Waals surface area contributed by atoms with Gasteiger partial charge in [0.1, 0.15) is 17.7 Å². The number of nitrogens with zero attached hydrogens (tertiary/aromatic N) is 4. The summed E-state index contributed by atoms with van der Waals surface area (Å²) in [5.74, 6) is -1.03. The Kier molecular flexibility index (Phi) is 6.93. The smallest absolute Gasteiger partial charge is 0.378 e. The van der Waals surface area contributed by atoms with Crippen molar-refractivity contribution in [1.29, 1.82) is 0 Å². The Labute approximate surface area is 216 Å². The number of aromatic nitrogens is 3. The summed E-state index contributed by atoms with van der Waals surface area (Å²) in [6.45, 7) is 4.03. The fourth-order valence-corrected chi connectivity index (χ4v) is 4.69. The molecule has 38 heavy (non-hydrogen) atoms. The van der Waals surface area contributed by atoms with Gasteiger partial charge in [0.2, 0.25) is 5.91 Å². The second-order valence-electron chi connectivity index (χ2n) is 9.17. The maximum Gasteiger partial charge on any atom is 0.414 e. The quantitative estimate of drug-likeness (QED) is 0.386. The van der Waals surface area contributed by atoms with E-state index in [1.54, 1.807) is 24.9 Å². The highest BCUT2D eigenvalue weighted by Gasteiger charge is 2.43. The average Bonchev–Trinajstić information content (AvgIpc) is 3.55. The van der Waals surface area contributed by atoms with E-state index in [0.29, 0.717) is 54.5 Å². The van der Waals surface area contributed by atoms with Crippen LogP contribution < -0.4 is 15.5 Å². The molecule has 0 spiro atoms. The summed E-state index contributed by atoms with van der Waals surface area (Å²) in [5, 5.41) is 9.08. The van der Waals surface area contributed by atoms with Crippen molar-refractivity contribution in [3.05, 3.63) is 59.6 Å². The molecule has 2 N–H and O–H groups in total. The number of morpholine rings is 1. The Balaban J connectivity index is 1.53. The summed E-state index contributed by atoms with van der Waals surface area (Å²) in [6.07, 6.45) is -2.08. The normalized spacial score (nSPS) is 18.0. The van der Waals surface area contributed by atoms with Crippen LogP contribution in [0.5, 0.6) is 0 Å². The van der Waals surface area contributed by atoms with E-state index < -0.39 is 29.5 Å². The first-order valence-electron chi connectivity index (χ1n) is 12.1. The molecule has 4 heterocycles. The lowest BCUT2D eigenvalue weighted by Crippen LogP contribution is -2.41. The van der Waals surface area contributed by atoms with Crippen LogP contribution in [0.15, 0.2) is 48.2 Å². The maximum atomic E-state index is 14.9. The number of benzene rings is 1. The predicted octanol–water partition coefficient (Wildman–Crippen LogP) is 3.83. The van der Waals surface area contributed by atoms with Crippen molar-refractivity contribution in [2.75, 3.05) is 43.1 Å². The molecule has 1 saturated heterocycles. The zero-order chi connectivity index (χ0) is 27.0. The van der Waals surface area contributed by atoms with Gasteiger partial charge in [-0.25, -0.2) is 9.37 Å². The van der Waals surface area contributed by atoms with Gasteiger partial charge in [-0.2, -0.15) is 18.3 Å². The lowest BCUT2D eigenvalue weighted by molar-refractivity contribution is -0.122. The molecule has 1 unspecified atom stereocenters. The summed E-state index contributed by atoms with van der Waals surface area (Å²) in [6, 6.07) is 6.63. The number of rotatable bonds is 5. The molecule has 0 saturated carbocycles. The van der Waals surface area contributed by atoms with Gasteiger partial charge in [-0.3, -0.25) is 14.8 Å². The lowest BCUT2D eigenvalue weighted by atomic mass is 9.98. The standard InChI is InChI=1S/C26H26F4N6O2/c1-15-11-19(27)20(34-25(37)24-18(3-5-31-24)26(28,29)30)14-17(15)16-12-21(22-4-6-32-35(22)2)33-23(13-16)36-7-9-38-10-8-36/h3-4,6,11-14,24,31H,5,7-10H2,1-2H3,(H,34,37). The van der Waals surface area contributed by atoms with Gasteiger partial charge in [0.05, 0.1) is 35.9 Å². The molecule has 1 fully saturated rings. The first-order valence-corrected chi connectivity index (χ1v) is 12.1. The monoisotopic (exact) mass is 530 g/mol. The van der Waals surface area contributed by atoms with Crippen LogP contribution in [0.2, 0.25) is 0 Å². The minimum Gasteiger partial charge on any atom is -0.378 e. The molecule has 1 aromatic carbocycles. The number of carbonyl (C=O) groups excluding carboxylic acids is 1. The summed E-state index contributed by atoms with van der Waals surface area (Å²) < 4.78 is 62.0. The van der Waals surface area contributed by atoms with Crippen molar-refractivity contribution >= 4 is 17.4 Å². The van der Waals surface area contributed by atoms with Crippen molar-refractivity contribution in [2.45, 2.75) is 19.1 Å². The van der Waals surface area contributed by atoms with E-state index in [1.807, 2.05) is 18.2 Å². The molecule has 3 aromatic rings. The highest BCUT2D eigenvalue weighted by Crippen LogP contribution is 2.35. The number of pyridine rings is 1. The number of hydrogen-bond acceptors (Lipinski definition) is 6. The number of carbonyl (C=O) groups is 1. The average molecular weight is 531 g/mol. The fraction of sp³-hybridized carbons (Fsp3) is 0.346. The molecular formula is C26H26F4N6O2. The Hall–Kier alpha value is -3.77. The number of halogens is 4. The van der Waals surface area contributed by atoms with Gasteiger partial charge >= 0.3 is 6.18 Å². The molecule has 0 bridgehead atoms. The van der Waals surface area contributed by atoms with Gasteiger partial charge in [0.25, 0.3) is 0 Å². The Morgan fingerprint density at radius 3 is 2.63 bits per heavy atom. The van der Waals surface area contributed by atoms with Gasteiger partial charge in [-0.15, -0.1) is 0 Å². The molecule has 200 valence electrons. The number of ether oxygens (including phenoxy) is 1. The van der Waals surface area contributed by atoms with Crippen LogP contribution in [-0.2, 0) is 16.6 Å². The summed E-state index contributed by atoms with van der Waals surface area (Å²) in [5.41, 5.74) is 2.12. The number of amides is 1. The Bertz CT molecular complexity index is 1390. The zero-order valence-corrected chi connectivity index (χ0v) is 20.8. The second-order valence-corrected chi connectivity index (χ2v) is 9.17. The molecule has 2 aliphatic heterocycles. The number of nitrogens with one attached hydrogen (secondary N) is 2. The van der Waals surface area contributed by atoms with Crippen molar-refractivity contribution in [3.8, 4) is 22.5 Å². The van der Waals surface area contributed by atoms with Gasteiger partial charge < -0.3 is 15.0 Å². The van der Waals surface area contributed by atoms with Gasteiger partial charge in [0.15, 0.2) is 0 Å². The van der Waals surface area contributed by atoms with Crippen LogP contribution in [0.25, 0.3) is 22.5 Å². The SMILES string of the molecule is Cc1cc(F)c(NC(=O)C2NCC=C2C(F)(F)F)cc1-c1cc(-c2ccnn2C)nc(N2CCOCC2)c1. The van der Waals surface area contributed by atoms with E-state index in [1.165, 1.54) is 12.1 Å².